The van der Waals surface area contributed by atoms with Gasteiger partial charge in [-0.15, -0.1) is 0 Å². The second-order valence-corrected chi connectivity index (χ2v) is 9.35. The average Bonchev–Trinajstić information content (AvgIpc) is 3.54. The SMILES string of the molecule is C=C(C)C(=O)Oc1ccc(-c2ccc(OC(=O)C(=C)C)c(-c3ccsc3)c2)cc1-c1ccsc1. The Morgan fingerprint density at radius 3 is 1.38 bits per heavy atom. The highest BCUT2D eigenvalue weighted by atomic mass is 32.1. The summed E-state index contributed by atoms with van der Waals surface area (Å²) < 4.78 is 11.2. The largest absolute Gasteiger partial charge is 0.423 e. The van der Waals surface area contributed by atoms with Crippen LogP contribution in [-0.2, 0) is 9.59 Å². The van der Waals surface area contributed by atoms with Crippen molar-refractivity contribution >= 4 is 34.6 Å². The van der Waals surface area contributed by atoms with Crippen molar-refractivity contribution in [2.45, 2.75) is 13.8 Å². The summed E-state index contributed by atoms with van der Waals surface area (Å²) in [4.78, 5) is 24.3. The zero-order valence-corrected chi connectivity index (χ0v) is 20.4. The highest BCUT2D eigenvalue weighted by Gasteiger charge is 2.16. The van der Waals surface area contributed by atoms with Gasteiger partial charge >= 0.3 is 11.9 Å². The van der Waals surface area contributed by atoms with Crippen LogP contribution in [0.15, 0.2) is 94.4 Å². The van der Waals surface area contributed by atoms with Gasteiger partial charge in [-0.1, -0.05) is 25.3 Å². The van der Waals surface area contributed by atoms with E-state index in [4.69, 9.17) is 9.47 Å². The van der Waals surface area contributed by atoms with Crippen molar-refractivity contribution in [2.75, 3.05) is 0 Å². The average molecular weight is 487 g/mol. The molecule has 0 spiro atoms. The Bertz CT molecular complexity index is 1270. The van der Waals surface area contributed by atoms with E-state index in [1.807, 2.05) is 57.9 Å². The molecule has 34 heavy (non-hydrogen) atoms. The first-order valence-corrected chi connectivity index (χ1v) is 12.3. The standard InChI is InChI=1S/C28H22O4S2/c1-17(2)27(29)31-25-7-5-19(13-23(25)21-9-11-33-15-21)20-6-8-26(32-28(30)18(3)4)24(14-20)22-10-12-34-16-22/h5-16H,1,3H2,2,4H3. The summed E-state index contributed by atoms with van der Waals surface area (Å²) in [5.41, 5.74) is 6.08. The first-order chi connectivity index (χ1) is 16.3. The highest BCUT2D eigenvalue weighted by molar-refractivity contribution is 7.08. The van der Waals surface area contributed by atoms with Gasteiger partial charge in [0, 0.05) is 22.3 Å². The Morgan fingerprint density at radius 1 is 0.647 bits per heavy atom. The third-order valence-corrected chi connectivity index (χ3v) is 6.43. The maximum absolute atomic E-state index is 12.2. The number of hydrogen-bond donors (Lipinski definition) is 0. The van der Waals surface area contributed by atoms with Gasteiger partial charge in [0.15, 0.2) is 0 Å². The van der Waals surface area contributed by atoms with E-state index in [0.717, 1.165) is 33.4 Å². The van der Waals surface area contributed by atoms with Crippen LogP contribution in [-0.4, -0.2) is 11.9 Å². The minimum Gasteiger partial charge on any atom is -0.423 e. The number of thiophene rings is 2. The zero-order chi connectivity index (χ0) is 24.2. The van der Waals surface area contributed by atoms with E-state index in [2.05, 4.69) is 13.2 Å². The number of benzene rings is 2. The summed E-state index contributed by atoms with van der Waals surface area (Å²) in [7, 11) is 0. The molecule has 0 aliphatic carbocycles. The molecule has 4 rings (SSSR count). The van der Waals surface area contributed by atoms with Gasteiger partial charge in [-0.3, -0.25) is 0 Å². The molecule has 0 radical (unpaired) electrons. The maximum Gasteiger partial charge on any atom is 0.338 e. The van der Waals surface area contributed by atoms with Crippen LogP contribution in [0.1, 0.15) is 13.8 Å². The number of carbonyl (C=O) groups is 2. The topological polar surface area (TPSA) is 52.6 Å². The first-order valence-electron chi connectivity index (χ1n) is 10.4. The quantitative estimate of drug-likeness (QED) is 0.152. The fraction of sp³-hybridized carbons (Fsp3) is 0.0714. The lowest BCUT2D eigenvalue weighted by atomic mass is 9.96. The highest BCUT2D eigenvalue weighted by Crippen LogP contribution is 2.39. The van der Waals surface area contributed by atoms with Gasteiger partial charge in [-0.2, -0.15) is 22.7 Å². The van der Waals surface area contributed by atoms with Crippen molar-refractivity contribution in [2.24, 2.45) is 0 Å². The monoisotopic (exact) mass is 486 g/mol. The van der Waals surface area contributed by atoms with E-state index in [-0.39, 0.29) is 0 Å². The molecule has 0 saturated carbocycles. The summed E-state index contributed by atoms with van der Waals surface area (Å²) >= 11 is 3.14. The van der Waals surface area contributed by atoms with Crippen molar-refractivity contribution in [3.05, 3.63) is 94.4 Å². The predicted octanol–water partition coefficient (Wildman–Crippen LogP) is 7.77. The molecule has 2 aromatic heterocycles. The molecule has 0 bridgehead atoms. The molecule has 170 valence electrons. The first kappa shape index (κ1) is 23.4. The molecule has 0 N–H and O–H groups in total. The molecule has 6 heteroatoms. The van der Waals surface area contributed by atoms with E-state index in [0.29, 0.717) is 22.6 Å². The number of esters is 2. The van der Waals surface area contributed by atoms with Gasteiger partial charge in [0.05, 0.1) is 0 Å². The second-order valence-electron chi connectivity index (χ2n) is 7.79. The van der Waals surface area contributed by atoms with E-state index in [1.54, 1.807) is 48.7 Å². The van der Waals surface area contributed by atoms with E-state index < -0.39 is 11.9 Å². The van der Waals surface area contributed by atoms with Crippen molar-refractivity contribution in [3.63, 3.8) is 0 Å². The van der Waals surface area contributed by atoms with Crippen molar-refractivity contribution in [1.29, 1.82) is 0 Å². The zero-order valence-electron chi connectivity index (χ0n) is 18.8. The summed E-state index contributed by atoms with van der Waals surface area (Å²) in [6.07, 6.45) is 0. The number of carbonyl (C=O) groups excluding carboxylic acids is 2. The molecule has 0 aliphatic rings. The Hall–Kier alpha value is -3.74. The van der Waals surface area contributed by atoms with Crippen LogP contribution in [0.25, 0.3) is 33.4 Å². The third-order valence-electron chi connectivity index (χ3n) is 5.06. The lowest BCUT2D eigenvalue weighted by Gasteiger charge is -2.14. The van der Waals surface area contributed by atoms with Gasteiger partial charge in [0.25, 0.3) is 0 Å². The molecule has 2 aromatic carbocycles. The lowest BCUT2D eigenvalue weighted by Crippen LogP contribution is -2.09. The van der Waals surface area contributed by atoms with Crippen molar-refractivity contribution in [3.8, 4) is 44.9 Å². The van der Waals surface area contributed by atoms with Crippen LogP contribution in [0.4, 0.5) is 0 Å². The molecule has 0 aliphatic heterocycles. The summed E-state index contributed by atoms with van der Waals surface area (Å²) in [6, 6.07) is 15.4. The van der Waals surface area contributed by atoms with Crippen LogP contribution >= 0.6 is 22.7 Å². The normalized spacial score (nSPS) is 10.5. The number of rotatable bonds is 7. The van der Waals surface area contributed by atoms with E-state index >= 15 is 0 Å². The molecule has 4 aromatic rings. The van der Waals surface area contributed by atoms with Gasteiger partial charge in [-0.05, 0) is 94.0 Å². The second kappa shape index (κ2) is 10.0. The predicted molar refractivity (Wildman–Crippen MR) is 139 cm³/mol. The molecule has 0 fully saturated rings. The van der Waals surface area contributed by atoms with Gasteiger partial charge in [-0.25, -0.2) is 9.59 Å². The van der Waals surface area contributed by atoms with E-state index in [1.165, 1.54) is 0 Å². The molecule has 0 saturated heterocycles. The lowest BCUT2D eigenvalue weighted by molar-refractivity contribution is -0.130. The van der Waals surface area contributed by atoms with E-state index in [9.17, 15) is 9.59 Å². The van der Waals surface area contributed by atoms with Gasteiger partial charge < -0.3 is 9.47 Å². The van der Waals surface area contributed by atoms with Gasteiger partial charge in [0.2, 0.25) is 0 Å². The molecule has 2 heterocycles. The van der Waals surface area contributed by atoms with Crippen LogP contribution in [0.5, 0.6) is 11.5 Å². The molecule has 0 unspecified atom stereocenters. The Balaban J connectivity index is 1.79. The van der Waals surface area contributed by atoms with Crippen LogP contribution in [0, 0.1) is 0 Å². The molecule has 0 atom stereocenters. The minimum atomic E-state index is -0.465. The summed E-state index contributed by atoms with van der Waals surface area (Å²) in [6.45, 7) is 10.6. The fourth-order valence-electron chi connectivity index (χ4n) is 3.26. The Morgan fingerprint density at radius 2 is 1.06 bits per heavy atom. The minimum absolute atomic E-state index is 0.334. The van der Waals surface area contributed by atoms with Crippen molar-refractivity contribution < 1.29 is 19.1 Å². The van der Waals surface area contributed by atoms with Gasteiger partial charge in [0.1, 0.15) is 11.5 Å². The summed E-state index contributed by atoms with van der Waals surface area (Å²) in [5.74, 6) is 0.0146. The Labute approximate surface area is 206 Å². The third kappa shape index (κ3) is 5.09. The molecule has 4 nitrogen and oxygen atoms in total. The molecular formula is C28H22O4S2. The maximum atomic E-state index is 12.2. The number of hydrogen-bond acceptors (Lipinski definition) is 6. The number of ether oxygens (including phenoxy) is 2. The summed E-state index contributed by atoms with van der Waals surface area (Å²) in [5, 5.41) is 7.97. The Kier molecular flexibility index (Phi) is 6.91. The molecule has 0 amide bonds. The van der Waals surface area contributed by atoms with Crippen LogP contribution < -0.4 is 9.47 Å². The smallest absolute Gasteiger partial charge is 0.338 e. The van der Waals surface area contributed by atoms with Crippen LogP contribution in [0.3, 0.4) is 0 Å². The fourth-order valence-corrected chi connectivity index (χ4v) is 4.57. The van der Waals surface area contributed by atoms with Crippen LogP contribution in [0.2, 0.25) is 0 Å². The molecular weight excluding hydrogens is 464 g/mol. The van der Waals surface area contributed by atoms with Crippen molar-refractivity contribution in [1.82, 2.24) is 0 Å².